The highest BCUT2D eigenvalue weighted by Crippen LogP contribution is 2.31. The van der Waals surface area contributed by atoms with E-state index in [0.29, 0.717) is 23.3 Å². The fourth-order valence-electron chi connectivity index (χ4n) is 2.53. The van der Waals surface area contributed by atoms with Crippen molar-refractivity contribution in [1.82, 2.24) is 10.3 Å². The van der Waals surface area contributed by atoms with Crippen LogP contribution in [0.15, 0.2) is 72.9 Å². The molecule has 1 aromatic heterocycles. The zero-order valence-electron chi connectivity index (χ0n) is 14.7. The summed E-state index contributed by atoms with van der Waals surface area (Å²) >= 11 is 0. The summed E-state index contributed by atoms with van der Waals surface area (Å²) in [6.45, 7) is 0. The molecule has 0 saturated heterocycles. The summed E-state index contributed by atoms with van der Waals surface area (Å²) in [4.78, 5) is 16.1. The summed E-state index contributed by atoms with van der Waals surface area (Å²) in [6.07, 6.45) is 3.73. The predicted molar refractivity (Wildman–Crippen MR) is 106 cm³/mol. The van der Waals surface area contributed by atoms with Crippen LogP contribution in [0, 0.1) is 0 Å². The largest absolute Gasteiger partial charge is 0.455 e. The van der Waals surface area contributed by atoms with Crippen LogP contribution in [0.1, 0.15) is 12.8 Å². The van der Waals surface area contributed by atoms with E-state index in [1.807, 2.05) is 66.7 Å². The first-order valence-corrected chi connectivity index (χ1v) is 8.89. The number of amides is 2. The summed E-state index contributed by atoms with van der Waals surface area (Å²) in [5, 5.41) is 8.91. The number of anilines is 3. The van der Waals surface area contributed by atoms with Gasteiger partial charge < -0.3 is 20.7 Å². The Morgan fingerprint density at radius 2 is 1.74 bits per heavy atom. The lowest BCUT2D eigenvalue weighted by Crippen LogP contribution is -2.30. The topological polar surface area (TPSA) is 75.3 Å². The van der Waals surface area contributed by atoms with Gasteiger partial charge in [-0.05, 0) is 49.2 Å². The molecule has 1 heterocycles. The molecule has 136 valence electrons. The van der Waals surface area contributed by atoms with E-state index in [9.17, 15) is 4.79 Å². The lowest BCUT2D eigenvalue weighted by Gasteiger charge is -2.13. The molecule has 3 N–H and O–H groups in total. The molecule has 1 saturated carbocycles. The summed E-state index contributed by atoms with van der Waals surface area (Å²) in [6, 6.07) is 21.0. The normalized spacial score (nSPS) is 12.9. The number of nitrogens with one attached hydrogen (secondary N) is 3. The van der Waals surface area contributed by atoms with E-state index in [-0.39, 0.29) is 6.03 Å². The minimum absolute atomic E-state index is 0.193. The highest BCUT2D eigenvalue weighted by molar-refractivity contribution is 5.89. The molecule has 6 heteroatoms. The lowest BCUT2D eigenvalue weighted by atomic mass is 10.2. The smallest absolute Gasteiger partial charge is 0.319 e. The third-order valence-electron chi connectivity index (χ3n) is 4.05. The molecule has 3 aromatic rings. The Morgan fingerprint density at radius 3 is 2.48 bits per heavy atom. The van der Waals surface area contributed by atoms with Crippen molar-refractivity contribution in [3.8, 4) is 11.5 Å². The zero-order chi connectivity index (χ0) is 18.5. The molecule has 0 unspecified atom stereocenters. The van der Waals surface area contributed by atoms with Crippen molar-refractivity contribution in [2.75, 3.05) is 10.6 Å². The van der Waals surface area contributed by atoms with Crippen molar-refractivity contribution in [3.05, 3.63) is 72.9 Å². The van der Waals surface area contributed by atoms with Gasteiger partial charge in [0.15, 0.2) is 5.75 Å². The lowest BCUT2D eigenvalue weighted by molar-refractivity contribution is 0.251. The molecular weight excluding hydrogens is 340 g/mol. The van der Waals surface area contributed by atoms with E-state index in [1.165, 1.54) is 0 Å². The van der Waals surface area contributed by atoms with Crippen molar-refractivity contribution in [3.63, 3.8) is 0 Å². The Labute approximate surface area is 157 Å². The molecule has 2 amide bonds. The van der Waals surface area contributed by atoms with Crippen LogP contribution in [0.4, 0.5) is 22.0 Å². The number of aromatic nitrogens is 1. The Bertz CT molecular complexity index is 909. The van der Waals surface area contributed by atoms with Gasteiger partial charge >= 0.3 is 6.03 Å². The van der Waals surface area contributed by atoms with Crippen LogP contribution in [0.2, 0.25) is 0 Å². The predicted octanol–water partition coefficient (Wildman–Crippen LogP) is 4.90. The number of pyridine rings is 1. The van der Waals surface area contributed by atoms with Crippen LogP contribution in [0.3, 0.4) is 0 Å². The number of hydrogen-bond acceptors (Lipinski definition) is 4. The van der Waals surface area contributed by atoms with Crippen molar-refractivity contribution in [2.45, 2.75) is 18.9 Å². The molecule has 27 heavy (non-hydrogen) atoms. The van der Waals surface area contributed by atoms with E-state index in [0.717, 1.165) is 24.3 Å². The van der Waals surface area contributed by atoms with Gasteiger partial charge in [0.05, 0.1) is 17.6 Å². The molecule has 0 spiro atoms. The van der Waals surface area contributed by atoms with Gasteiger partial charge in [-0.3, -0.25) is 0 Å². The first kappa shape index (κ1) is 16.9. The third-order valence-corrected chi connectivity index (χ3v) is 4.05. The zero-order valence-corrected chi connectivity index (χ0v) is 14.7. The summed E-state index contributed by atoms with van der Waals surface area (Å²) < 4.78 is 5.95. The fourth-order valence-corrected chi connectivity index (χ4v) is 2.53. The van der Waals surface area contributed by atoms with Gasteiger partial charge in [-0.1, -0.05) is 30.3 Å². The van der Waals surface area contributed by atoms with Crippen molar-refractivity contribution < 1.29 is 9.53 Å². The molecule has 6 nitrogen and oxygen atoms in total. The second-order valence-electron chi connectivity index (χ2n) is 6.34. The van der Waals surface area contributed by atoms with E-state index < -0.39 is 0 Å². The maximum absolute atomic E-state index is 11.8. The van der Waals surface area contributed by atoms with Crippen LogP contribution in [0.5, 0.6) is 11.5 Å². The van der Waals surface area contributed by atoms with E-state index in [1.54, 1.807) is 6.20 Å². The van der Waals surface area contributed by atoms with Crippen LogP contribution in [-0.2, 0) is 0 Å². The Balaban J connectivity index is 1.42. The molecule has 0 radical (unpaired) electrons. The van der Waals surface area contributed by atoms with Gasteiger partial charge in [0.2, 0.25) is 0 Å². The summed E-state index contributed by atoms with van der Waals surface area (Å²) in [5.74, 6) is 2.13. The number of nitrogens with zero attached hydrogens (tertiary/aromatic N) is 1. The Kier molecular flexibility index (Phi) is 4.87. The number of benzene rings is 2. The number of hydrogen-bond donors (Lipinski definition) is 3. The van der Waals surface area contributed by atoms with Gasteiger partial charge in [-0.25, -0.2) is 9.78 Å². The standard InChI is InChI=1S/C21H20N4O2/c26-21(23-15-10-11-15)24-16-12-13-20(22-14-16)25-18-8-4-5-9-19(18)27-17-6-2-1-3-7-17/h1-9,12-15H,10-11H2,(H,22,25)(H2,23,24,26). The number of urea groups is 1. The first-order chi connectivity index (χ1) is 13.3. The highest BCUT2D eigenvalue weighted by Gasteiger charge is 2.23. The van der Waals surface area contributed by atoms with Crippen LogP contribution < -0.4 is 20.7 Å². The average Bonchev–Trinajstić information content (AvgIpc) is 3.50. The molecule has 0 bridgehead atoms. The molecule has 2 aromatic carbocycles. The number of ether oxygens (including phenoxy) is 1. The van der Waals surface area contributed by atoms with Crippen LogP contribution in [-0.4, -0.2) is 17.1 Å². The number of carbonyl (C=O) groups excluding carboxylic acids is 1. The molecule has 0 aliphatic heterocycles. The minimum atomic E-state index is -0.193. The number of para-hydroxylation sites is 3. The molecule has 4 rings (SSSR count). The quantitative estimate of drug-likeness (QED) is 0.584. The van der Waals surface area contributed by atoms with Crippen molar-refractivity contribution in [2.24, 2.45) is 0 Å². The van der Waals surface area contributed by atoms with Gasteiger partial charge in [0.25, 0.3) is 0 Å². The first-order valence-electron chi connectivity index (χ1n) is 8.89. The van der Waals surface area contributed by atoms with E-state index in [4.69, 9.17) is 4.74 Å². The Hall–Kier alpha value is -3.54. The molecule has 1 fully saturated rings. The molecule has 1 aliphatic rings. The second kappa shape index (κ2) is 7.78. The van der Waals surface area contributed by atoms with Crippen molar-refractivity contribution >= 4 is 23.2 Å². The summed E-state index contributed by atoms with van der Waals surface area (Å²) in [5.41, 5.74) is 1.45. The maximum atomic E-state index is 11.8. The van der Waals surface area contributed by atoms with E-state index >= 15 is 0 Å². The Morgan fingerprint density at radius 1 is 0.963 bits per heavy atom. The van der Waals surface area contributed by atoms with Gasteiger partial charge in [0, 0.05) is 6.04 Å². The molecule has 0 atom stereocenters. The maximum Gasteiger partial charge on any atom is 0.319 e. The average molecular weight is 360 g/mol. The SMILES string of the molecule is O=C(Nc1ccc(Nc2ccccc2Oc2ccccc2)nc1)NC1CC1. The number of carbonyl (C=O) groups is 1. The monoisotopic (exact) mass is 360 g/mol. The molecular formula is C21H20N4O2. The van der Waals surface area contributed by atoms with Gasteiger partial charge in [0.1, 0.15) is 11.6 Å². The minimum Gasteiger partial charge on any atom is -0.455 e. The number of rotatable bonds is 6. The van der Waals surface area contributed by atoms with Gasteiger partial charge in [-0.15, -0.1) is 0 Å². The van der Waals surface area contributed by atoms with Crippen LogP contribution in [0.25, 0.3) is 0 Å². The summed E-state index contributed by atoms with van der Waals surface area (Å²) in [7, 11) is 0. The second-order valence-corrected chi connectivity index (χ2v) is 6.34. The van der Waals surface area contributed by atoms with E-state index in [2.05, 4.69) is 20.9 Å². The molecule has 1 aliphatic carbocycles. The highest BCUT2D eigenvalue weighted by atomic mass is 16.5. The van der Waals surface area contributed by atoms with Crippen molar-refractivity contribution in [1.29, 1.82) is 0 Å². The fraction of sp³-hybridized carbons (Fsp3) is 0.143. The van der Waals surface area contributed by atoms with Crippen LogP contribution >= 0.6 is 0 Å². The third kappa shape index (κ3) is 4.76. The van der Waals surface area contributed by atoms with Gasteiger partial charge in [-0.2, -0.15) is 0 Å².